The number of β-amino-alcohol motifs (C(OH)–C–C–N with tert-alkyl or cyclic N) is 1. The molecule has 4 rings (SSSR count). The van der Waals surface area contributed by atoms with E-state index in [9.17, 15) is 5.11 Å². The Morgan fingerprint density at radius 1 is 1.35 bits per heavy atom. The van der Waals surface area contributed by atoms with Gasteiger partial charge in [-0.2, -0.15) is 0 Å². The molecule has 20 heavy (non-hydrogen) atoms. The fraction of sp³-hybridized carbons (Fsp3) is 0.333. The number of rotatable bonds is 2. The first kappa shape index (κ1) is 11.7. The average Bonchev–Trinajstić information content (AvgIpc) is 3.03. The lowest BCUT2D eigenvalue weighted by Gasteiger charge is -2.46. The van der Waals surface area contributed by atoms with E-state index in [0.717, 1.165) is 21.7 Å². The van der Waals surface area contributed by atoms with E-state index in [-0.39, 0.29) is 0 Å². The van der Waals surface area contributed by atoms with Crippen LogP contribution in [0.5, 0.6) is 0 Å². The molecule has 1 aliphatic rings. The molecule has 0 aliphatic carbocycles. The molecule has 8 heteroatoms. The van der Waals surface area contributed by atoms with Gasteiger partial charge in [0.25, 0.3) is 0 Å². The lowest BCUT2D eigenvalue weighted by Crippen LogP contribution is -2.60. The van der Waals surface area contributed by atoms with Gasteiger partial charge in [0.1, 0.15) is 17.7 Å². The highest BCUT2D eigenvalue weighted by molar-refractivity contribution is 7.17. The van der Waals surface area contributed by atoms with E-state index in [0.29, 0.717) is 13.1 Å². The van der Waals surface area contributed by atoms with Crippen LogP contribution in [0.3, 0.4) is 0 Å². The van der Waals surface area contributed by atoms with Gasteiger partial charge in [0.15, 0.2) is 0 Å². The summed E-state index contributed by atoms with van der Waals surface area (Å²) < 4.78 is 2.66. The molecule has 0 unspecified atom stereocenters. The van der Waals surface area contributed by atoms with Crippen molar-refractivity contribution in [3.63, 3.8) is 0 Å². The number of thiophene rings is 1. The van der Waals surface area contributed by atoms with E-state index in [4.69, 9.17) is 0 Å². The Morgan fingerprint density at radius 2 is 2.20 bits per heavy atom. The van der Waals surface area contributed by atoms with Crippen molar-refractivity contribution in [1.82, 2.24) is 25.0 Å². The molecule has 0 spiro atoms. The number of aryl methyl sites for hydroxylation is 1. The molecule has 1 N–H and O–H groups in total. The molecule has 0 saturated carbocycles. The molecular formula is C12H12N6OS. The first-order chi connectivity index (χ1) is 9.67. The molecule has 0 amide bonds. The highest BCUT2D eigenvalue weighted by Crippen LogP contribution is 2.37. The van der Waals surface area contributed by atoms with E-state index < -0.39 is 5.60 Å². The van der Waals surface area contributed by atoms with Gasteiger partial charge < -0.3 is 10.0 Å². The molecule has 4 heterocycles. The first-order valence-electron chi connectivity index (χ1n) is 6.18. The second-order valence-electron chi connectivity index (χ2n) is 4.96. The van der Waals surface area contributed by atoms with E-state index in [1.54, 1.807) is 35.6 Å². The van der Waals surface area contributed by atoms with Crippen LogP contribution in [0, 0.1) is 0 Å². The molecule has 3 aromatic heterocycles. The molecule has 0 aromatic carbocycles. The first-order valence-corrected chi connectivity index (χ1v) is 7.06. The molecule has 1 saturated heterocycles. The van der Waals surface area contributed by atoms with Crippen molar-refractivity contribution in [1.29, 1.82) is 0 Å². The van der Waals surface area contributed by atoms with Gasteiger partial charge >= 0.3 is 0 Å². The standard InChI is InChI=1S/C12H12N6OS/c1-17-9(4-15-16-17)12(19)5-18(6-12)11-10-8(2-3-20-10)13-7-14-11/h2-4,7,19H,5-6H2,1H3. The number of aromatic nitrogens is 5. The Morgan fingerprint density at radius 3 is 2.95 bits per heavy atom. The minimum Gasteiger partial charge on any atom is -0.380 e. The summed E-state index contributed by atoms with van der Waals surface area (Å²) in [6.07, 6.45) is 3.17. The fourth-order valence-corrected chi connectivity index (χ4v) is 3.47. The topological polar surface area (TPSA) is 80.0 Å². The predicted molar refractivity (Wildman–Crippen MR) is 74.5 cm³/mol. The normalized spacial score (nSPS) is 17.4. The van der Waals surface area contributed by atoms with Gasteiger partial charge in [0.2, 0.25) is 0 Å². The third-order valence-corrected chi connectivity index (χ3v) is 4.52. The predicted octanol–water partition coefficient (Wildman–Crippen LogP) is 0.528. The lowest BCUT2D eigenvalue weighted by molar-refractivity contribution is -0.000310. The van der Waals surface area contributed by atoms with Crippen molar-refractivity contribution in [2.24, 2.45) is 7.05 Å². The highest BCUT2D eigenvalue weighted by atomic mass is 32.1. The Balaban J connectivity index is 1.65. The summed E-state index contributed by atoms with van der Waals surface area (Å²) in [5.41, 5.74) is 0.759. The molecule has 1 aliphatic heterocycles. The quantitative estimate of drug-likeness (QED) is 0.741. The highest BCUT2D eigenvalue weighted by Gasteiger charge is 2.46. The van der Waals surface area contributed by atoms with E-state index >= 15 is 0 Å². The van der Waals surface area contributed by atoms with Crippen molar-refractivity contribution >= 4 is 27.4 Å². The van der Waals surface area contributed by atoms with Crippen LogP contribution in [0.25, 0.3) is 10.2 Å². The van der Waals surface area contributed by atoms with Gasteiger partial charge in [-0.25, -0.2) is 14.6 Å². The Bertz CT molecular complexity index is 775. The van der Waals surface area contributed by atoms with Crippen LogP contribution in [0.2, 0.25) is 0 Å². The van der Waals surface area contributed by atoms with Crippen LogP contribution in [0.15, 0.2) is 24.0 Å². The van der Waals surface area contributed by atoms with Crippen molar-refractivity contribution < 1.29 is 5.11 Å². The van der Waals surface area contributed by atoms with Crippen LogP contribution in [-0.4, -0.2) is 43.2 Å². The Labute approximate surface area is 118 Å². The zero-order valence-corrected chi connectivity index (χ0v) is 11.6. The Hall–Kier alpha value is -2.06. The number of anilines is 1. The number of nitrogens with zero attached hydrogens (tertiary/aromatic N) is 6. The Kier molecular flexibility index (Phi) is 2.33. The third-order valence-electron chi connectivity index (χ3n) is 3.62. The summed E-state index contributed by atoms with van der Waals surface area (Å²) in [6, 6.07) is 1.97. The van der Waals surface area contributed by atoms with Crippen molar-refractivity contribution in [2.75, 3.05) is 18.0 Å². The van der Waals surface area contributed by atoms with E-state index in [2.05, 4.69) is 20.3 Å². The van der Waals surface area contributed by atoms with Gasteiger partial charge in [0, 0.05) is 7.05 Å². The van der Waals surface area contributed by atoms with E-state index in [1.807, 2.05) is 16.3 Å². The molecule has 0 radical (unpaired) electrons. The second-order valence-corrected chi connectivity index (χ2v) is 5.88. The molecule has 3 aromatic rings. The van der Waals surface area contributed by atoms with Crippen LogP contribution in [0.4, 0.5) is 5.82 Å². The van der Waals surface area contributed by atoms with Gasteiger partial charge in [-0.15, -0.1) is 16.4 Å². The molecule has 0 atom stereocenters. The van der Waals surface area contributed by atoms with Crippen molar-refractivity contribution in [2.45, 2.75) is 5.60 Å². The molecule has 102 valence electrons. The largest absolute Gasteiger partial charge is 0.380 e. The van der Waals surface area contributed by atoms with Crippen LogP contribution in [0.1, 0.15) is 5.69 Å². The van der Waals surface area contributed by atoms with Crippen LogP contribution in [-0.2, 0) is 12.6 Å². The number of aliphatic hydroxyl groups is 1. The third kappa shape index (κ3) is 1.55. The van der Waals surface area contributed by atoms with Crippen molar-refractivity contribution in [3.05, 3.63) is 29.7 Å². The van der Waals surface area contributed by atoms with Gasteiger partial charge in [0.05, 0.1) is 35.2 Å². The number of hydrogen-bond donors (Lipinski definition) is 1. The minimum atomic E-state index is -0.910. The van der Waals surface area contributed by atoms with Gasteiger partial charge in [-0.1, -0.05) is 5.21 Å². The maximum absolute atomic E-state index is 10.6. The molecule has 0 bridgehead atoms. The monoisotopic (exact) mass is 288 g/mol. The lowest BCUT2D eigenvalue weighted by atomic mass is 9.90. The summed E-state index contributed by atoms with van der Waals surface area (Å²) in [6.45, 7) is 0.969. The van der Waals surface area contributed by atoms with Crippen LogP contribution < -0.4 is 4.90 Å². The molecule has 7 nitrogen and oxygen atoms in total. The molecule has 1 fully saturated rings. The van der Waals surface area contributed by atoms with Gasteiger partial charge in [-0.05, 0) is 11.4 Å². The molecular weight excluding hydrogens is 276 g/mol. The smallest absolute Gasteiger partial charge is 0.150 e. The zero-order chi connectivity index (χ0) is 13.7. The maximum atomic E-state index is 10.6. The second kappa shape index (κ2) is 3.97. The van der Waals surface area contributed by atoms with Crippen molar-refractivity contribution in [3.8, 4) is 0 Å². The van der Waals surface area contributed by atoms with Crippen LogP contribution >= 0.6 is 11.3 Å². The van der Waals surface area contributed by atoms with Gasteiger partial charge in [-0.3, -0.25) is 0 Å². The summed E-state index contributed by atoms with van der Waals surface area (Å²) >= 11 is 1.61. The summed E-state index contributed by atoms with van der Waals surface area (Å²) in [4.78, 5) is 10.6. The fourth-order valence-electron chi connectivity index (χ4n) is 2.61. The number of hydrogen-bond acceptors (Lipinski definition) is 7. The minimum absolute atomic E-state index is 0.484. The average molecular weight is 288 g/mol. The SMILES string of the molecule is Cn1nncc1C1(O)CN(c2ncnc3ccsc23)C1. The summed E-state index contributed by atoms with van der Waals surface area (Å²) in [5.74, 6) is 0.879. The number of fused-ring (bicyclic) bond motifs is 1. The zero-order valence-electron chi connectivity index (χ0n) is 10.8. The van der Waals surface area contributed by atoms with E-state index in [1.165, 1.54) is 0 Å². The summed E-state index contributed by atoms with van der Waals surface area (Å²) in [7, 11) is 1.78. The maximum Gasteiger partial charge on any atom is 0.150 e. The summed E-state index contributed by atoms with van der Waals surface area (Å²) in [5, 5.41) is 20.3.